The van der Waals surface area contributed by atoms with Crippen molar-refractivity contribution in [3.8, 4) is 0 Å². The number of benzene rings is 2. The summed E-state index contributed by atoms with van der Waals surface area (Å²) in [5, 5.41) is 3.06. The molecule has 1 amide bonds. The van der Waals surface area contributed by atoms with E-state index in [4.69, 9.17) is 0 Å². The zero-order chi connectivity index (χ0) is 14.7. The number of anilines is 2. The number of amides is 1. The Hall–Kier alpha value is -2.29. The monoisotopic (exact) mass is 280 g/mol. The zero-order valence-electron chi connectivity index (χ0n) is 12.3. The van der Waals surface area contributed by atoms with Gasteiger partial charge in [0.15, 0.2) is 0 Å². The number of carbonyl (C=O) groups excluding carboxylic acids is 1. The van der Waals surface area contributed by atoms with Crippen molar-refractivity contribution in [2.45, 2.75) is 19.8 Å². The summed E-state index contributed by atoms with van der Waals surface area (Å²) >= 11 is 0. The van der Waals surface area contributed by atoms with Crippen molar-refractivity contribution >= 4 is 17.3 Å². The summed E-state index contributed by atoms with van der Waals surface area (Å²) in [6, 6.07) is 15.7. The van der Waals surface area contributed by atoms with E-state index in [2.05, 4.69) is 16.3 Å². The molecule has 0 aromatic heterocycles. The van der Waals surface area contributed by atoms with E-state index in [0.29, 0.717) is 0 Å². The van der Waals surface area contributed by atoms with Crippen molar-refractivity contribution in [3.05, 3.63) is 59.7 Å². The Labute approximate surface area is 125 Å². The Morgan fingerprint density at radius 1 is 1.00 bits per heavy atom. The van der Waals surface area contributed by atoms with E-state index in [1.165, 1.54) is 12.8 Å². The van der Waals surface area contributed by atoms with Gasteiger partial charge in [-0.2, -0.15) is 0 Å². The first-order valence-electron chi connectivity index (χ1n) is 7.46. The Morgan fingerprint density at radius 3 is 2.43 bits per heavy atom. The molecule has 1 saturated heterocycles. The second-order valence-electron chi connectivity index (χ2n) is 5.48. The molecule has 1 aliphatic rings. The molecule has 3 rings (SSSR count). The van der Waals surface area contributed by atoms with Crippen LogP contribution in [0, 0.1) is 6.92 Å². The summed E-state index contributed by atoms with van der Waals surface area (Å²) in [5.74, 6) is -0.0419. The van der Waals surface area contributed by atoms with Crippen molar-refractivity contribution in [2.24, 2.45) is 0 Å². The molecule has 0 spiro atoms. The van der Waals surface area contributed by atoms with E-state index in [9.17, 15) is 4.79 Å². The molecule has 0 atom stereocenters. The van der Waals surface area contributed by atoms with Gasteiger partial charge in [0.05, 0.1) is 11.4 Å². The summed E-state index contributed by atoms with van der Waals surface area (Å²) in [6.07, 6.45) is 2.44. The number of nitrogens with one attached hydrogen (secondary N) is 1. The predicted octanol–water partition coefficient (Wildman–Crippen LogP) is 3.85. The average Bonchev–Trinajstić information content (AvgIpc) is 3.02. The van der Waals surface area contributed by atoms with Crippen LogP contribution in [-0.4, -0.2) is 19.0 Å². The molecule has 0 unspecified atom stereocenters. The second kappa shape index (κ2) is 6.00. The molecule has 108 valence electrons. The van der Waals surface area contributed by atoms with E-state index in [-0.39, 0.29) is 5.91 Å². The molecule has 3 nitrogen and oxygen atoms in total. The van der Waals surface area contributed by atoms with Gasteiger partial charge in [0.25, 0.3) is 5.91 Å². The largest absolute Gasteiger partial charge is 0.370 e. The fourth-order valence-corrected chi connectivity index (χ4v) is 2.83. The van der Waals surface area contributed by atoms with Crippen molar-refractivity contribution in [2.75, 3.05) is 23.3 Å². The Morgan fingerprint density at radius 2 is 1.67 bits per heavy atom. The third-order valence-corrected chi connectivity index (χ3v) is 3.99. The van der Waals surface area contributed by atoms with Gasteiger partial charge in [0, 0.05) is 18.7 Å². The maximum absolute atomic E-state index is 12.5. The zero-order valence-corrected chi connectivity index (χ0v) is 12.3. The standard InChI is InChI=1S/C18H20N2O/c1-14-8-2-3-9-15(14)18(21)19-16-10-4-5-11-17(16)20-12-6-7-13-20/h2-5,8-11H,6-7,12-13H2,1H3,(H,19,21). The van der Waals surface area contributed by atoms with Crippen molar-refractivity contribution in [1.29, 1.82) is 0 Å². The van der Waals surface area contributed by atoms with Gasteiger partial charge in [-0.3, -0.25) is 4.79 Å². The summed E-state index contributed by atoms with van der Waals surface area (Å²) < 4.78 is 0. The highest BCUT2D eigenvalue weighted by Gasteiger charge is 2.17. The number of nitrogens with zero attached hydrogens (tertiary/aromatic N) is 1. The minimum Gasteiger partial charge on any atom is -0.370 e. The van der Waals surface area contributed by atoms with Crippen molar-refractivity contribution in [1.82, 2.24) is 0 Å². The molecule has 1 heterocycles. The predicted molar refractivity (Wildman–Crippen MR) is 87.0 cm³/mol. The molecule has 0 aliphatic carbocycles. The maximum Gasteiger partial charge on any atom is 0.255 e. The molecule has 0 radical (unpaired) electrons. The lowest BCUT2D eigenvalue weighted by Crippen LogP contribution is -2.21. The van der Waals surface area contributed by atoms with Gasteiger partial charge in [-0.15, -0.1) is 0 Å². The number of para-hydroxylation sites is 2. The molecule has 0 bridgehead atoms. The average molecular weight is 280 g/mol. The summed E-state index contributed by atoms with van der Waals surface area (Å²) in [5.41, 5.74) is 3.74. The van der Waals surface area contributed by atoms with Crippen LogP contribution in [0.1, 0.15) is 28.8 Å². The fraction of sp³-hybridized carbons (Fsp3) is 0.278. The Kier molecular flexibility index (Phi) is 3.91. The number of carbonyl (C=O) groups is 1. The summed E-state index contributed by atoms with van der Waals surface area (Å²) in [4.78, 5) is 14.8. The molecular weight excluding hydrogens is 260 g/mol. The van der Waals surface area contributed by atoms with Crippen molar-refractivity contribution in [3.63, 3.8) is 0 Å². The van der Waals surface area contributed by atoms with Gasteiger partial charge in [-0.25, -0.2) is 0 Å². The fourth-order valence-electron chi connectivity index (χ4n) is 2.83. The van der Waals surface area contributed by atoms with Gasteiger partial charge >= 0.3 is 0 Å². The van der Waals surface area contributed by atoms with Crippen molar-refractivity contribution < 1.29 is 4.79 Å². The topological polar surface area (TPSA) is 32.3 Å². The minimum atomic E-state index is -0.0419. The third kappa shape index (κ3) is 2.92. The number of hydrogen-bond acceptors (Lipinski definition) is 2. The molecule has 3 heteroatoms. The summed E-state index contributed by atoms with van der Waals surface area (Å²) in [7, 11) is 0. The summed E-state index contributed by atoms with van der Waals surface area (Å²) in [6.45, 7) is 4.09. The normalized spacial score (nSPS) is 14.2. The first-order valence-corrected chi connectivity index (χ1v) is 7.46. The highest BCUT2D eigenvalue weighted by Crippen LogP contribution is 2.29. The van der Waals surface area contributed by atoms with Gasteiger partial charge in [-0.1, -0.05) is 30.3 Å². The lowest BCUT2D eigenvalue weighted by atomic mass is 10.1. The Balaban J connectivity index is 1.85. The second-order valence-corrected chi connectivity index (χ2v) is 5.48. The van der Waals surface area contributed by atoms with Crippen LogP contribution in [-0.2, 0) is 0 Å². The van der Waals surface area contributed by atoms with Gasteiger partial charge in [-0.05, 0) is 43.5 Å². The van der Waals surface area contributed by atoms with Gasteiger partial charge < -0.3 is 10.2 Å². The van der Waals surface area contributed by atoms with Crippen LogP contribution in [0.4, 0.5) is 11.4 Å². The van der Waals surface area contributed by atoms with Crippen LogP contribution < -0.4 is 10.2 Å². The quantitative estimate of drug-likeness (QED) is 0.926. The van der Waals surface area contributed by atoms with Gasteiger partial charge in [0.1, 0.15) is 0 Å². The molecular formula is C18H20N2O. The van der Waals surface area contributed by atoms with Crippen LogP contribution in [0.15, 0.2) is 48.5 Å². The van der Waals surface area contributed by atoms with Gasteiger partial charge in [0.2, 0.25) is 0 Å². The first kappa shape index (κ1) is 13.7. The molecule has 21 heavy (non-hydrogen) atoms. The molecule has 1 fully saturated rings. The van der Waals surface area contributed by atoms with Crippen LogP contribution in [0.3, 0.4) is 0 Å². The molecule has 0 saturated carbocycles. The van der Waals surface area contributed by atoms with E-state index >= 15 is 0 Å². The smallest absolute Gasteiger partial charge is 0.255 e. The first-order chi connectivity index (χ1) is 10.3. The van der Waals surface area contributed by atoms with Crippen LogP contribution in [0.25, 0.3) is 0 Å². The van der Waals surface area contributed by atoms with Crippen LogP contribution >= 0.6 is 0 Å². The number of rotatable bonds is 3. The van der Waals surface area contributed by atoms with E-state index < -0.39 is 0 Å². The highest BCUT2D eigenvalue weighted by molar-refractivity contribution is 6.06. The van der Waals surface area contributed by atoms with E-state index in [0.717, 1.165) is 35.6 Å². The van der Waals surface area contributed by atoms with Crippen LogP contribution in [0.2, 0.25) is 0 Å². The lowest BCUT2D eigenvalue weighted by Gasteiger charge is -2.21. The number of hydrogen-bond donors (Lipinski definition) is 1. The molecule has 1 aliphatic heterocycles. The number of aryl methyl sites for hydroxylation is 1. The van der Waals surface area contributed by atoms with Crippen LogP contribution in [0.5, 0.6) is 0 Å². The lowest BCUT2D eigenvalue weighted by molar-refractivity contribution is 0.102. The minimum absolute atomic E-state index is 0.0419. The van der Waals surface area contributed by atoms with E-state index in [1.807, 2.05) is 49.4 Å². The molecule has 1 N–H and O–H groups in total. The third-order valence-electron chi connectivity index (χ3n) is 3.99. The van der Waals surface area contributed by atoms with E-state index in [1.54, 1.807) is 0 Å². The Bertz CT molecular complexity index is 645. The maximum atomic E-state index is 12.5. The molecule has 2 aromatic carbocycles. The SMILES string of the molecule is Cc1ccccc1C(=O)Nc1ccccc1N1CCCC1. The highest BCUT2D eigenvalue weighted by atomic mass is 16.1. The molecule has 2 aromatic rings.